The van der Waals surface area contributed by atoms with Gasteiger partial charge in [-0.2, -0.15) is 0 Å². The fraction of sp³-hybridized carbons (Fsp3) is 0.265. The summed E-state index contributed by atoms with van der Waals surface area (Å²) in [6, 6.07) is 23.6. The number of nitrogens with zero attached hydrogens (tertiary/aromatic N) is 1. The Morgan fingerprint density at radius 3 is 2.41 bits per heavy atom. The lowest BCUT2D eigenvalue weighted by Gasteiger charge is -2.22. The number of hydrogen-bond acceptors (Lipinski definition) is 3. The minimum Gasteiger partial charge on any atom is -0.461 e. The van der Waals surface area contributed by atoms with Crippen molar-refractivity contribution in [2.24, 2.45) is 5.92 Å². The van der Waals surface area contributed by atoms with Gasteiger partial charge >= 0.3 is 0 Å². The van der Waals surface area contributed by atoms with Gasteiger partial charge in [-0.1, -0.05) is 58.9 Å². The molecule has 0 aliphatic carbocycles. The van der Waals surface area contributed by atoms with E-state index in [2.05, 4.69) is 102 Å². The second-order valence-corrected chi connectivity index (χ2v) is 11.6. The molecule has 6 rings (SSSR count). The highest BCUT2D eigenvalue weighted by molar-refractivity contribution is 5.97. The number of benzene rings is 3. The predicted molar refractivity (Wildman–Crippen MR) is 154 cm³/mol. The van der Waals surface area contributed by atoms with Gasteiger partial charge in [-0.05, 0) is 82.6 Å². The van der Waals surface area contributed by atoms with E-state index in [1.807, 2.05) is 12.3 Å². The summed E-state index contributed by atoms with van der Waals surface area (Å²) >= 11 is 0. The quantitative estimate of drug-likeness (QED) is 0.248. The van der Waals surface area contributed by atoms with E-state index in [9.17, 15) is 0 Å². The van der Waals surface area contributed by atoms with E-state index in [-0.39, 0.29) is 5.41 Å². The van der Waals surface area contributed by atoms with Crippen LogP contribution in [0, 0.1) is 12.8 Å². The molecule has 0 unspecified atom stereocenters. The molecule has 0 atom stereocenters. The zero-order valence-corrected chi connectivity index (χ0v) is 22.5. The smallest absolute Gasteiger partial charge is 0.161 e. The molecule has 3 heteroatoms. The molecule has 0 bridgehead atoms. The lowest BCUT2D eigenvalue weighted by molar-refractivity contribution is 0.496. The average molecular weight is 488 g/mol. The summed E-state index contributed by atoms with van der Waals surface area (Å²) in [6.07, 6.45) is 2.82. The van der Waals surface area contributed by atoms with Crippen LogP contribution in [0.5, 0.6) is 0 Å². The van der Waals surface area contributed by atoms with Gasteiger partial charge in [0.05, 0.1) is 0 Å². The molecule has 0 fully saturated rings. The molecule has 0 aliphatic rings. The van der Waals surface area contributed by atoms with E-state index >= 15 is 0 Å². The van der Waals surface area contributed by atoms with Gasteiger partial charge in [-0.25, -0.2) is 0 Å². The fourth-order valence-corrected chi connectivity index (χ4v) is 5.37. The first-order chi connectivity index (χ1) is 17.7. The number of aryl methyl sites for hydroxylation is 1. The maximum Gasteiger partial charge on any atom is 0.161 e. The molecule has 0 radical (unpaired) electrons. The zero-order valence-electron chi connectivity index (χ0n) is 22.5. The Labute approximate surface area is 218 Å². The van der Waals surface area contributed by atoms with E-state index in [1.54, 1.807) is 0 Å². The summed E-state index contributed by atoms with van der Waals surface area (Å²) in [5.74, 6) is 2.46. The Bertz CT molecular complexity index is 1780. The minimum atomic E-state index is 0.00409. The summed E-state index contributed by atoms with van der Waals surface area (Å²) < 4.78 is 12.7. The molecule has 37 heavy (non-hydrogen) atoms. The van der Waals surface area contributed by atoms with E-state index < -0.39 is 0 Å². The van der Waals surface area contributed by atoms with Gasteiger partial charge in [0.15, 0.2) is 5.58 Å². The Balaban J connectivity index is 1.49. The molecule has 0 amide bonds. The zero-order chi connectivity index (χ0) is 25.9. The van der Waals surface area contributed by atoms with Crippen molar-refractivity contribution >= 4 is 32.7 Å². The van der Waals surface area contributed by atoms with Crippen LogP contribution in [0.2, 0.25) is 0 Å². The highest BCUT2D eigenvalue weighted by Crippen LogP contribution is 2.39. The molecule has 3 heterocycles. The van der Waals surface area contributed by atoms with Crippen molar-refractivity contribution in [1.29, 1.82) is 0 Å². The second kappa shape index (κ2) is 8.62. The first-order valence-corrected chi connectivity index (χ1v) is 13.1. The first kappa shape index (κ1) is 23.5. The maximum absolute atomic E-state index is 6.54. The predicted octanol–water partition coefficient (Wildman–Crippen LogP) is 9.87. The van der Waals surface area contributed by atoms with E-state index in [0.717, 1.165) is 56.7 Å². The van der Waals surface area contributed by atoms with Gasteiger partial charge in [0.2, 0.25) is 0 Å². The normalized spacial score (nSPS) is 12.4. The van der Waals surface area contributed by atoms with Crippen LogP contribution in [0.1, 0.15) is 51.5 Å². The Morgan fingerprint density at radius 1 is 0.811 bits per heavy atom. The van der Waals surface area contributed by atoms with E-state index in [4.69, 9.17) is 13.8 Å². The Morgan fingerprint density at radius 2 is 1.62 bits per heavy atom. The summed E-state index contributed by atoms with van der Waals surface area (Å²) in [5, 5.41) is 4.70. The number of hydrogen-bond donors (Lipinski definition) is 0. The Kier molecular flexibility index (Phi) is 5.49. The average Bonchev–Trinajstić information content (AvgIpc) is 3.43. The van der Waals surface area contributed by atoms with Crippen LogP contribution in [0.4, 0.5) is 0 Å². The van der Waals surface area contributed by atoms with Crippen molar-refractivity contribution in [3.8, 4) is 22.6 Å². The van der Waals surface area contributed by atoms with Crippen molar-refractivity contribution < 1.29 is 8.83 Å². The van der Waals surface area contributed by atoms with Gasteiger partial charge in [-0.3, -0.25) is 4.98 Å². The van der Waals surface area contributed by atoms with Gasteiger partial charge in [-0.15, -0.1) is 0 Å². The van der Waals surface area contributed by atoms with Crippen molar-refractivity contribution in [3.05, 3.63) is 89.8 Å². The van der Waals surface area contributed by atoms with Crippen LogP contribution in [0.25, 0.3) is 55.3 Å². The van der Waals surface area contributed by atoms with Crippen LogP contribution >= 0.6 is 0 Å². The number of aromatic nitrogens is 1. The van der Waals surface area contributed by atoms with Crippen LogP contribution in [0.15, 0.2) is 81.8 Å². The number of rotatable bonds is 4. The summed E-state index contributed by atoms with van der Waals surface area (Å²) in [5.41, 5.74) is 7.28. The maximum atomic E-state index is 6.54. The van der Waals surface area contributed by atoms with Crippen LogP contribution in [-0.4, -0.2) is 4.98 Å². The lowest BCUT2D eigenvalue weighted by atomic mass is 9.82. The molecular weight excluding hydrogens is 454 g/mol. The minimum absolute atomic E-state index is 0.00409. The SMILES string of the molecule is Cc1c(CC(C)C)oc2ccc(-c3cc4ccnc(-c5cc(C(C)(C)C)c6ccccc6c5)c4o3)cc12. The highest BCUT2D eigenvalue weighted by Gasteiger charge is 2.21. The van der Waals surface area contributed by atoms with E-state index in [0.29, 0.717) is 5.92 Å². The highest BCUT2D eigenvalue weighted by atomic mass is 16.3. The third-order valence-corrected chi connectivity index (χ3v) is 7.29. The third kappa shape index (κ3) is 4.13. The molecule has 3 nitrogen and oxygen atoms in total. The van der Waals surface area contributed by atoms with Crippen molar-refractivity contribution in [2.45, 2.75) is 53.4 Å². The second-order valence-electron chi connectivity index (χ2n) is 11.6. The van der Waals surface area contributed by atoms with Gasteiger partial charge in [0, 0.05) is 34.5 Å². The molecule has 186 valence electrons. The number of fused-ring (bicyclic) bond motifs is 3. The number of pyridine rings is 1. The van der Waals surface area contributed by atoms with Crippen LogP contribution < -0.4 is 0 Å². The molecular formula is C34H33NO2. The third-order valence-electron chi connectivity index (χ3n) is 7.29. The molecule has 3 aromatic carbocycles. The standard InChI is InChI=1S/C34H33NO2/c1-20(2)15-30-21(3)27-17-23(11-12-29(27)36-30)31-19-24-13-14-35-32(33(24)37-31)25-16-22-9-7-8-10-26(22)28(18-25)34(4,5)6/h7-14,16-20H,15H2,1-6H3. The first-order valence-electron chi connectivity index (χ1n) is 13.1. The van der Waals surface area contributed by atoms with Gasteiger partial charge in [0.1, 0.15) is 22.8 Å². The van der Waals surface area contributed by atoms with Crippen molar-refractivity contribution in [3.63, 3.8) is 0 Å². The van der Waals surface area contributed by atoms with Gasteiger partial charge < -0.3 is 8.83 Å². The largest absolute Gasteiger partial charge is 0.461 e. The van der Waals surface area contributed by atoms with Gasteiger partial charge in [0.25, 0.3) is 0 Å². The molecule has 0 N–H and O–H groups in total. The summed E-state index contributed by atoms with van der Waals surface area (Å²) in [4.78, 5) is 4.80. The van der Waals surface area contributed by atoms with Crippen LogP contribution in [0.3, 0.4) is 0 Å². The topological polar surface area (TPSA) is 39.2 Å². The fourth-order valence-electron chi connectivity index (χ4n) is 5.37. The molecule has 3 aromatic heterocycles. The van der Waals surface area contributed by atoms with Crippen molar-refractivity contribution in [2.75, 3.05) is 0 Å². The van der Waals surface area contributed by atoms with Crippen LogP contribution in [-0.2, 0) is 11.8 Å². The summed E-state index contributed by atoms with van der Waals surface area (Å²) in [7, 11) is 0. The summed E-state index contributed by atoms with van der Waals surface area (Å²) in [6.45, 7) is 13.4. The Hall–Kier alpha value is -3.85. The van der Waals surface area contributed by atoms with E-state index in [1.165, 1.54) is 21.9 Å². The lowest BCUT2D eigenvalue weighted by Crippen LogP contribution is -2.12. The molecule has 0 saturated heterocycles. The molecule has 6 aromatic rings. The molecule has 0 aliphatic heterocycles. The number of furan rings is 2. The van der Waals surface area contributed by atoms with Crippen molar-refractivity contribution in [1.82, 2.24) is 4.98 Å². The molecule has 0 saturated carbocycles. The molecule has 0 spiro atoms. The monoisotopic (exact) mass is 487 g/mol.